The Hall–Kier alpha value is -3.25. The first-order valence-electron chi connectivity index (χ1n) is 9.94. The van der Waals surface area contributed by atoms with E-state index in [4.69, 9.17) is 11.6 Å². The Bertz CT molecular complexity index is 1160. The number of carbonyl (C=O) groups excluding carboxylic acids is 3. The van der Waals surface area contributed by atoms with E-state index >= 15 is 0 Å². The normalized spacial score (nSPS) is 26.0. The third-order valence-electron chi connectivity index (χ3n) is 6.27. The number of imide groups is 1. The first-order chi connectivity index (χ1) is 14.9. The van der Waals surface area contributed by atoms with Crippen LogP contribution < -0.4 is 4.90 Å². The van der Waals surface area contributed by atoms with Crippen molar-refractivity contribution in [2.75, 3.05) is 11.4 Å². The average Bonchev–Trinajstić information content (AvgIpc) is 3.22. The largest absolute Gasteiger partial charge is 0.352 e. The van der Waals surface area contributed by atoms with E-state index < -0.39 is 29.7 Å². The third kappa shape index (κ3) is 2.86. The first-order valence-corrected chi connectivity index (χ1v) is 10.3. The van der Waals surface area contributed by atoms with E-state index in [1.807, 2.05) is 4.90 Å². The van der Waals surface area contributed by atoms with Gasteiger partial charge in [-0.15, -0.1) is 6.58 Å². The summed E-state index contributed by atoms with van der Waals surface area (Å²) in [5, 5.41) is 0.490. The van der Waals surface area contributed by atoms with Gasteiger partial charge in [-0.25, -0.2) is 4.39 Å². The zero-order valence-corrected chi connectivity index (χ0v) is 17.1. The van der Waals surface area contributed by atoms with Crippen LogP contribution in [0.3, 0.4) is 0 Å². The highest BCUT2D eigenvalue weighted by Gasteiger charge is 2.63. The molecule has 2 amide bonds. The molecule has 3 aliphatic rings. The summed E-state index contributed by atoms with van der Waals surface area (Å²) in [5.41, 5.74) is 1.63. The van der Waals surface area contributed by atoms with Crippen LogP contribution in [0.15, 0.2) is 61.2 Å². The second kappa shape index (κ2) is 7.17. The summed E-state index contributed by atoms with van der Waals surface area (Å²) in [5.74, 6) is -2.89. The van der Waals surface area contributed by atoms with Gasteiger partial charge in [-0.3, -0.25) is 19.3 Å². The van der Waals surface area contributed by atoms with Gasteiger partial charge in [0.2, 0.25) is 11.8 Å². The van der Waals surface area contributed by atoms with Gasteiger partial charge in [-0.2, -0.15) is 0 Å². The van der Waals surface area contributed by atoms with Gasteiger partial charge in [0.25, 0.3) is 0 Å². The quantitative estimate of drug-likeness (QED) is 0.416. The molecule has 7 heteroatoms. The fraction of sp³-hybridized carbons (Fsp3) is 0.208. The van der Waals surface area contributed by atoms with E-state index in [-0.39, 0.29) is 24.1 Å². The van der Waals surface area contributed by atoms with Gasteiger partial charge >= 0.3 is 0 Å². The number of benzene rings is 2. The molecule has 0 spiro atoms. The maximum Gasteiger partial charge on any atom is 0.236 e. The Morgan fingerprint density at radius 3 is 2.52 bits per heavy atom. The number of fused-ring (bicyclic) bond motifs is 5. The van der Waals surface area contributed by atoms with E-state index in [2.05, 4.69) is 6.58 Å². The second-order valence-corrected chi connectivity index (χ2v) is 8.34. The number of carbonyl (C=O) groups is 3. The molecule has 4 atom stereocenters. The smallest absolute Gasteiger partial charge is 0.236 e. The van der Waals surface area contributed by atoms with Crippen molar-refractivity contribution in [2.24, 2.45) is 11.8 Å². The molecular weight excluding hydrogens is 419 g/mol. The number of amides is 2. The van der Waals surface area contributed by atoms with Crippen LogP contribution in [0.2, 0.25) is 5.02 Å². The van der Waals surface area contributed by atoms with E-state index in [1.165, 1.54) is 23.1 Å². The summed E-state index contributed by atoms with van der Waals surface area (Å²) >= 11 is 5.97. The van der Waals surface area contributed by atoms with Crippen LogP contribution in [-0.4, -0.2) is 41.1 Å². The monoisotopic (exact) mass is 436 g/mol. The number of ketones is 1. The molecule has 0 N–H and O–H groups in total. The van der Waals surface area contributed by atoms with Crippen LogP contribution in [0, 0.1) is 17.7 Å². The van der Waals surface area contributed by atoms with Crippen LogP contribution in [0.4, 0.5) is 10.1 Å². The van der Waals surface area contributed by atoms with Gasteiger partial charge in [-0.1, -0.05) is 29.8 Å². The molecule has 2 unspecified atom stereocenters. The number of Topliss-reactive ketones (excluding diaryl/α,β-unsaturated/α-hetero) is 1. The fourth-order valence-electron chi connectivity index (χ4n) is 5.00. The SMILES string of the molecule is C=CCN1C(=O)[C@@H]2C3C=Cc4cc(F)ccc4N3C(C(=O)c3ccc(Cl)cc3)[C@@H]2C1=O. The highest BCUT2D eigenvalue weighted by molar-refractivity contribution is 6.30. The number of hydrogen-bond acceptors (Lipinski definition) is 4. The number of likely N-dealkylation sites (tertiary alicyclic amines) is 1. The lowest BCUT2D eigenvalue weighted by molar-refractivity contribution is -0.139. The van der Waals surface area contributed by atoms with Crippen LogP contribution in [0.5, 0.6) is 0 Å². The van der Waals surface area contributed by atoms with Crippen molar-refractivity contribution < 1.29 is 18.8 Å². The molecule has 0 aromatic heterocycles. The number of rotatable bonds is 4. The lowest BCUT2D eigenvalue weighted by Gasteiger charge is -2.36. The standard InChI is InChI=1S/C24H18ClFN2O3/c1-2-11-27-23(30)19-18-9-5-14-12-16(26)8-10-17(14)28(18)21(20(19)24(27)31)22(29)13-3-6-15(25)7-4-13/h2-10,12,18-21H,1,11H2/t18?,19-,20-,21?/m1/s1. The molecule has 0 radical (unpaired) electrons. The van der Waals surface area contributed by atoms with Crippen LogP contribution >= 0.6 is 11.6 Å². The molecule has 2 saturated heterocycles. The predicted molar refractivity (Wildman–Crippen MR) is 115 cm³/mol. The number of nitrogens with zero attached hydrogens (tertiary/aromatic N) is 2. The maximum atomic E-state index is 13.8. The molecule has 0 saturated carbocycles. The van der Waals surface area contributed by atoms with E-state index in [9.17, 15) is 18.8 Å². The minimum atomic E-state index is -0.892. The van der Waals surface area contributed by atoms with E-state index in [1.54, 1.807) is 42.5 Å². The minimum absolute atomic E-state index is 0.102. The van der Waals surface area contributed by atoms with E-state index in [0.717, 1.165) is 0 Å². The lowest BCUT2D eigenvalue weighted by Crippen LogP contribution is -2.48. The van der Waals surface area contributed by atoms with Gasteiger partial charge in [-0.05, 0) is 42.5 Å². The highest BCUT2D eigenvalue weighted by atomic mass is 35.5. The molecule has 3 heterocycles. The summed E-state index contributed by atoms with van der Waals surface area (Å²) in [7, 11) is 0. The summed E-state index contributed by atoms with van der Waals surface area (Å²) < 4.78 is 13.8. The molecule has 2 fully saturated rings. The van der Waals surface area contributed by atoms with Gasteiger partial charge in [0.15, 0.2) is 5.78 Å². The molecule has 5 nitrogen and oxygen atoms in total. The van der Waals surface area contributed by atoms with Gasteiger partial charge in [0.05, 0.1) is 17.9 Å². The molecule has 2 aromatic rings. The van der Waals surface area contributed by atoms with Crippen molar-refractivity contribution in [1.82, 2.24) is 4.90 Å². The highest BCUT2D eigenvalue weighted by Crippen LogP contribution is 2.49. The topological polar surface area (TPSA) is 57.7 Å². The van der Waals surface area contributed by atoms with Crippen LogP contribution in [0.1, 0.15) is 15.9 Å². The van der Waals surface area contributed by atoms with Gasteiger partial charge in [0.1, 0.15) is 11.9 Å². The minimum Gasteiger partial charge on any atom is -0.352 e. The van der Waals surface area contributed by atoms with Crippen molar-refractivity contribution in [3.8, 4) is 0 Å². The number of halogens is 2. The first kappa shape index (κ1) is 19.7. The zero-order valence-electron chi connectivity index (χ0n) is 16.4. The Kier molecular flexibility index (Phi) is 4.55. The maximum absolute atomic E-state index is 13.8. The molecular formula is C24H18ClFN2O3. The summed E-state index contributed by atoms with van der Waals surface area (Å²) in [6.45, 7) is 3.73. The Morgan fingerprint density at radius 2 is 1.81 bits per heavy atom. The fourth-order valence-corrected chi connectivity index (χ4v) is 5.13. The van der Waals surface area contributed by atoms with Crippen LogP contribution in [-0.2, 0) is 9.59 Å². The average molecular weight is 437 g/mol. The number of hydrogen-bond donors (Lipinski definition) is 0. The van der Waals surface area contributed by atoms with Crippen molar-refractivity contribution in [3.05, 3.63) is 83.2 Å². The molecule has 0 bridgehead atoms. The molecule has 0 aliphatic carbocycles. The third-order valence-corrected chi connectivity index (χ3v) is 6.52. The van der Waals surface area contributed by atoms with E-state index in [0.29, 0.717) is 21.8 Å². The predicted octanol–water partition coefficient (Wildman–Crippen LogP) is 3.73. The number of anilines is 1. The Morgan fingerprint density at radius 1 is 1.10 bits per heavy atom. The summed E-state index contributed by atoms with van der Waals surface area (Å²) in [6, 6.07) is 9.39. The molecule has 156 valence electrons. The lowest BCUT2D eigenvalue weighted by atomic mass is 9.86. The molecule has 2 aromatic carbocycles. The Labute approximate surface area is 183 Å². The van der Waals surface area contributed by atoms with Crippen LogP contribution in [0.25, 0.3) is 6.08 Å². The summed E-state index contributed by atoms with van der Waals surface area (Å²) in [4.78, 5) is 43.1. The van der Waals surface area contributed by atoms with Crippen molar-refractivity contribution in [1.29, 1.82) is 0 Å². The Balaban J connectivity index is 1.66. The zero-order chi connectivity index (χ0) is 21.9. The second-order valence-electron chi connectivity index (χ2n) is 7.90. The van der Waals surface area contributed by atoms with Crippen molar-refractivity contribution >= 4 is 41.0 Å². The van der Waals surface area contributed by atoms with Gasteiger partial charge < -0.3 is 4.90 Å². The molecule has 5 rings (SSSR count). The van der Waals surface area contributed by atoms with Crippen molar-refractivity contribution in [3.63, 3.8) is 0 Å². The van der Waals surface area contributed by atoms with Crippen molar-refractivity contribution in [2.45, 2.75) is 12.1 Å². The molecule has 3 aliphatic heterocycles. The molecule has 31 heavy (non-hydrogen) atoms. The summed E-state index contributed by atoms with van der Waals surface area (Å²) in [6.07, 6.45) is 5.04. The van der Waals surface area contributed by atoms with Gasteiger partial charge in [0, 0.05) is 28.4 Å².